The van der Waals surface area contributed by atoms with Gasteiger partial charge in [-0.3, -0.25) is 0 Å². The summed E-state index contributed by atoms with van der Waals surface area (Å²) in [4.78, 5) is 0. The first-order valence-electron chi connectivity index (χ1n) is 10.3. The molecule has 1 atom stereocenters. The lowest BCUT2D eigenvalue weighted by Crippen LogP contribution is -2.33. The summed E-state index contributed by atoms with van der Waals surface area (Å²) in [5.74, 6) is 0.633. The number of aromatic nitrogens is 3. The van der Waals surface area contributed by atoms with Crippen molar-refractivity contribution in [3.63, 3.8) is 0 Å². The second-order valence-corrected chi connectivity index (χ2v) is 7.31. The van der Waals surface area contributed by atoms with Crippen molar-refractivity contribution in [2.24, 2.45) is 5.92 Å². The Morgan fingerprint density at radius 2 is 1.55 bits per heavy atom. The maximum Gasteiger partial charge on any atom is 0.113 e. The van der Waals surface area contributed by atoms with E-state index in [2.05, 4.69) is 36.4 Å². The van der Waals surface area contributed by atoms with Crippen LogP contribution in [0.5, 0.6) is 0 Å². The van der Waals surface area contributed by atoms with Gasteiger partial charge in [0.05, 0.1) is 52.4 Å². The zero-order valence-corrected chi connectivity index (χ0v) is 17.8. The average Bonchev–Trinajstić information content (AvgIpc) is 3.18. The molecule has 0 aliphatic carbocycles. The first-order valence-corrected chi connectivity index (χ1v) is 10.3. The molecular formula is C21H35N5O3. The van der Waals surface area contributed by atoms with Gasteiger partial charge in [-0.15, -0.1) is 5.10 Å². The molecule has 1 heterocycles. The summed E-state index contributed by atoms with van der Waals surface area (Å²) >= 11 is 0. The minimum Gasteiger partial charge on any atom is -0.399 e. The number of ether oxygens (including phenoxy) is 3. The van der Waals surface area contributed by atoms with E-state index < -0.39 is 0 Å². The van der Waals surface area contributed by atoms with E-state index in [0.29, 0.717) is 58.1 Å². The van der Waals surface area contributed by atoms with Gasteiger partial charge >= 0.3 is 0 Å². The van der Waals surface area contributed by atoms with Crippen molar-refractivity contribution in [2.45, 2.75) is 33.4 Å². The van der Waals surface area contributed by atoms with E-state index in [4.69, 9.17) is 19.9 Å². The Bertz CT molecular complexity index is 675. The zero-order valence-electron chi connectivity index (χ0n) is 17.8. The monoisotopic (exact) mass is 405 g/mol. The van der Waals surface area contributed by atoms with Gasteiger partial charge in [0.2, 0.25) is 0 Å². The molecule has 8 heteroatoms. The summed E-state index contributed by atoms with van der Waals surface area (Å²) in [6, 6.07) is 8.08. The largest absolute Gasteiger partial charge is 0.399 e. The molecule has 0 aliphatic heterocycles. The highest BCUT2D eigenvalue weighted by molar-refractivity contribution is 5.60. The summed E-state index contributed by atoms with van der Waals surface area (Å²) in [6.07, 6.45) is 1.90. The molecule has 2 rings (SSSR count). The Hall–Kier alpha value is -2.00. The summed E-state index contributed by atoms with van der Waals surface area (Å²) < 4.78 is 18.4. The first-order chi connectivity index (χ1) is 14.1. The first kappa shape index (κ1) is 23.3. The van der Waals surface area contributed by atoms with Crippen molar-refractivity contribution in [3.8, 4) is 11.3 Å². The van der Waals surface area contributed by atoms with Gasteiger partial charge in [0, 0.05) is 23.8 Å². The van der Waals surface area contributed by atoms with Crippen LogP contribution < -0.4 is 11.1 Å². The van der Waals surface area contributed by atoms with Crippen LogP contribution in [0, 0.1) is 5.92 Å². The zero-order chi connectivity index (χ0) is 20.9. The average molecular weight is 406 g/mol. The number of benzene rings is 1. The molecule has 0 saturated heterocycles. The van der Waals surface area contributed by atoms with Gasteiger partial charge in [-0.05, 0) is 25.0 Å². The van der Waals surface area contributed by atoms with Crippen LogP contribution >= 0.6 is 0 Å². The number of hydrogen-bond acceptors (Lipinski definition) is 7. The van der Waals surface area contributed by atoms with Crippen molar-refractivity contribution in [3.05, 3.63) is 30.5 Å². The van der Waals surface area contributed by atoms with Gasteiger partial charge in [-0.2, -0.15) is 0 Å². The minimum atomic E-state index is 0.508. The van der Waals surface area contributed by atoms with Crippen molar-refractivity contribution < 1.29 is 14.2 Å². The fraction of sp³-hybridized carbons (Fsp3) is 0.619. The van der Waals surface area contributed by atoms with Crippen LogP contribution in [-0.2, 0) is 20.8 Å². The van der Waals surface area contributed by atoms with Gasteiger partial charge in [0.1, 0.15) is 5.69 Å². The summed E-state index contributed by atoms with van der Waals surface area (Å²) in [5, 5.41) is 11.7. The Balaban J connectivity index is 1.43. The molecule has 0 amide bonds. The number of nitrogen functional groups attached to an aromatic ring is 1. The van der Waals surface area contributed by atoms with Crippen LogP contribution in [-0.4, -0.2) is 67.2 Å². The maximum atomic E-state index is 5.70. The van der Waals surface area contributed by atoms with Crippen molar-refractivity contribution in [1.82, 2.24) is 20.3 Å². The molecule has 1 aromatic carbocycles. The van der Waals surface area contributed by atoms with Crippen molar-refractivity contribution in [2.75, 3.05) is 51.9 Å². The minimum absolute atomic E-state index is 0.508. The molecular weight excluding hydrogens is 370 g/mol. The molecule has 0 aliphatic rings. The highest BCUT2D eigenvalue weighted by Crippen LogP contribution is 2.17. The smallest absolute Gasteiger partial charge is 0.113 e. The van der Waals surface area contributed by atoms with Crippen LogP contribution in [0.15, 0.2) is 30.5 Å². The Morgan fingerprint density at radius 1 is 0.931 bits per heavy atom. The van der Waals surface area contributed by atoms with Gasteiger partial charge in [-0.25, -0.2) is 4.68 Å². The fourth-order valence-electron chi connectivity index (χ4n) is 2.49. The van der Waals surface area contributed by atoms with Crippen molar-refractivity contribution >= 4 is 5.69 Å². The second kappa shape index (κ2) is 13.3. The second-order valence-electron chi connectivity index (χ2n) is 7.31. The SMILES string of the molecule is CC(C)C(C)NCCOCCOCCOCCn1cc(-c2ccc(N)cc2)nn1. The quantitative estimate of drug-likeness (QED) is 0.346. The van der Waals surface area contributed by atoms with Crippen LogP contribution in [0.4, 0.5) is 5.69 Å². The highest BCUT2D eigenvalue weighted by atomic mass is 16.5. The molecule has 8 nitrogen and oxygen atoms in total. The molecule has 0 radical (unpaired) electrons. The molecule has 3 N–H and O–H groups in total. The van der Waals surface area contributed by atoms with Gasteiger partial charge < -0.3 is 25.3 Å². The van der Waals surface area contributed by atoms with E-state index in [9.17, 15) is 0 Å². The Morgan fingerprint density at radius 3 is 2.21 bits per heavy atom. The van der Waals surface area contributed by atoms with E-state index >= 15 is 0 Å². The molecule has 29 heavy (non-hydrogen) atoms. The van der Waals surface area contributed by atoms with Gasteiger partial charge in [-0.1, -0.05) is 31.2 Å². The lowest BCUT2D eigenvalue weighted by atomic mass is 10.1. The number of nitrogens with zero attached hydrogens (tertiary/aromatic N) is 3. The standard InChI is InChI=1S/C21H35N5O3/c1-17(2)18(3)23-8-10-27-12-14-29-15-13-28-11-9-26-16-21(24-25-26)19-4-6-20(22)7-5-19/h4-7,16-18,23H,8-15,22H2,1-3H3. The number of nitrogens with two attached hydrogens (primary N) is 1. The molecule has 0 spiro atoms. The maximum absolute atomic E-state index is 5.70. The van der Waals surface area contributed by atoms with E-state index in [1.165, 1.54) is 0 Å². The third-order valence-electron chi connectivity index (χ3n) is 4.67. The highest BCUT2D eigenvalue weighted by Gasteiger charge is 2.05. The lowest BCUT2D eigenvalue weighted by Gasteiger charge is -2.17. The third-order valence-corrected chi connectivity index (χ3v) is 4.67. The molecule has 0 fully saturated rings. The number of anilines is 1. The predicted molar refractivity (Wildman–Crippen MR) is 115 cm³/mol. The molecule has 2 aromatic rings. The topological polar surface area (TPSA) is 96.5 Å². The van der Waals surface area contributed by atoms with Gasteiger partial charge in [0.15, 0.2) is 0 Å². The van der Waals surface area contributed by atoms with E-state index in [1.54, 1.807) is 4.68 Å². The normalized spacial score (nSPS) is 12.6. The number of nitrogens with one attached hydrogen (secondary N) is 1. The third kappa shape index (κ3) is 9.36. The van der Waals surface area contributed by atoms with Crippen LogP contribution in [0.25, 0.3) is 11.3 Å². The van der Waals surface area contributed by atoms with E-state index in [1.807, 2.05) is 30.5 Å². The lowest BCUT2D eigenvalue weighted by molar-refractivity contribution is 0.0129. The molecule has 162 valence electrons. The molecule has 0 saturated carbocycles. The Kier molecular flexibility index (Phi) is 10.6. The van der Waals surface area contributed by atoms with Crippen LogP contribution in [0.1, 0.15) is 20.8 Å². The van der Waals surface area contributed by atoms with E-state index in [-0.39, 0.29) is 0 Å². The molecule has 1 aromatic heterocycles. The molecule has 1 unspecified atom stereocenters. The summed E-state index contributed by atoms with van der Waals surface area (Å²) in [7, 11) is 0. The van der Waals surface area contributed by atoms with Crippen molar-refractivity contribution in [1.29, 1.82) is 0 Å². The molecule has 0 bridgehead atoms. The van der Waals surface area contributed by atoms with E-state index in [0.717, 1.165) is 23.5 Å². The summed E-state index contributed by atoms with van der Waals surface area (Å²) in [5.41, 5.74) is 8.25. The van der Waals surface area contributed by atoms with Crippen LogP contribution in [0.2, 0.25) is 0 Å². The number of hydrogen-bond donors (Lipinski definition) is 2. The summed E-state index contributed by atoms with van der Waals surface area (Å²) in [6.45, 7) is 11.7. The van der Waals surface area contributed by atoms with Gasteiger partial charge in [0.25, 0.3) is 0 Å². The predicted octanol–water partition coefficient (Wildman–Crippen LogP) is 2.21. The van der Waals surface area contributed by atoms with Crippen LogP contribution in [0.3, 0.4) is 0 Å². The Labute approximate surface area is 173 Å². The number of rotatable bonds is 15. The fourth-order valence-corrected chi connectivity index (χ4v) is 2.49.